The number of carbonyl (C=O) groups is 2. The van der Waals surface area contributed by atoms with Gasteiger partial charge in [0.2, 0.25) is 0 Å². The van der Waals surface area contributed by atoms with Gasteiger partial charge in [-0.2, -0.15) is 0 Å². The van der Waals surface area contributed by atoms with E-state index in [1.807, 2.05) is 34.8 Å². The van der Waals surface area contributed by atoms with Gasteiger partial charge < -0.3 is 14.6 Å². The molecule has 1 aliphatic heterocycles. The van der Waals surface area contributed by atoms with Crippen molar-refractivity contribution in [3.05, 3.63) is 24.0 Å². The molecule has 0 unspecified atom stereocenters. The lowest BCUT2D eigenvalue weighted by Gasteiger charge is -2.21. The number of rotatable bonds is 3. The van der Waals surface area contributed by atoms with E-state index < -0.39 is 5.97 Å². The molecule has 0 bridgehead atoms. The van der Waals surface area contributed by atoms with Crippen LogP contribution in [0, 0.1) is 0 Å². The van der Waals surface area contributed by atoms with Gasteiger partial charge in [0, 0.05) is 39.4 Å². The van der Waals surface area contributed by atoms with E-state index in [1.54, 1.807) is 4.90 Å². The number of aromatic nitrogens is 1. The maximum Gasteiger partial charge on any atom is 0.317 e. The SMILES string of the molecule is Cn1cccc1C(=O)N1CCCN(CC(=O)O)CC1. The lowest BCUT2D eigenvalue weighted by Crippen LogP contribution is -2.37. The van der Waals surface area contributed by atoms with E-state index in [4.69, 9.17) is 5.11 Å². The standard InChI is InChI=1S/C13H19N3O3/c1-14-5-2-4-11(14)13(19)16-7-3-6-15(8-9-16)10-12(17)18/h2,4-5H,3,6-10H2,1H3,(H,17,18). The highest BCUT2D eigenvalue weighted by atomic mass is 16.4. The average Bonchev–Trinajstić information content (AvgIpc) is 2.64. The molecule has 6 heteroatoms. The summed E-state index contributed by atoms with van der Waals surface area (Å²) in [5.74, 6) is -0.799. The lowest BCUT2D eigenvalue weighted by molar-refractivity contribution is -0.138. The molecule has 0 aliphatic carbocycles. The predicted octanol–water partition coefficient (Wildman–Crippen LogP) is 0.258. The Bertz CT molecular complexity index is 469. The Labute approximate surface area is 112 Å². The monoisotopic (exact) mass is 265 g/mol. The molecule has 1 aromatic heterocycles. The van der Waals surface area contributed by atoms with E-state index in [1.165, 1.54) is 0 Å². The topological polar surface area (TPSA) is 65.8 Å². The fourth-order valence-electron chi connectivity index (χ4n) is 2.37. The third kappa shape index (κ3) is 3.35. The fraction of sp³-hybridized carbons (Fsp3) is 0.538. The smallest absolute Gasteiger partial charge is 0.317 e. The predicted molar refractivity (Wildman–Crippen MR) is 70.0 cm³/mol. The van der Waals surface area contributed by atoms with Crippen molar-refractivity contribution in [2.75, 3.05) is 32.7 Å². The van der Waals surface area contributed by atoms with Crippen molar-refractivity contribution in [3.8, 4) is 0 Å². The highest BCUT2D eigenvalue weighted by Gasteiger charge is 2.22. The zero-order chi connectivity index (χ0) is 13.8. The summed E-state index contributed by atoms with van der Waals surface area (Å²) in [6.07, 6.45) is 2.66. The molecule has 1 amide bonds. The minimum absolute atomic E-state index is 0.0182. The molecular formula is C13H19N3O3. The number of hydrogen-bond acceptors (Lipinski definition) is 3. The van der Waals surface area contributed by atoms with Crippen LogP contribution in [-0.2, 0) is 11.8 Å². The van der Waals surface area contributed by atoms with Crippen LogP contribution in [0.1, 0.15) is 16.9 Å². The van der Waals surface area contributed by atoms with Crippen molar-refractivity contribution in [1.82, 2.24) is 14.4 Å². The normalized spacial score (nSPS) is 17.2. The number of aryl methyl sites for hydroxylation is 1. The maximum absolute atomic E-state index is 12.3. The van der Waals surface area contributed by atoms with Gasteiger partial charge >= 0.3 is 5.97 Å². The Morgan fingerprint density at radius 3 is 2.68 bits per heavy atom. The molecule has 1 saturated heterocycles. The molecule has 0 aromatic carbocycles. The molecule has 1 N–H and O–H groups in total. The maximum atomic E-state index is 12.3. The van der Waals surface area contributed by atoms with Gasteiger partial charge in [0.1, 0.15) is 5.69 Å². The van der Waals surface area contributed by atoms with E-state index in [0.717, 1.165) is 13.0 Å². The number of nitrogens with zero attached hydrogens (tertiary/aromatic N) is 3. The molecule has 1 aromatic rings. The van der Waals surface area contributed by atoms with Crippen molar-refractivity contribution < 1.29 is 14.7 Å². The molecule has 19 heavy (non-hydrogen) atoms. The number of carboxylic acids is 1. The quantitative estimate of drug-likeness (QED) is 0.851. The molecule has 0 atom stereocenters. The molecule has 2 rings (SSSR count). The average molecular weight is 265 g/mol. The third-order valence-electron chi connectivity index (χ3n) is 3.40. The van der Waals surface area contributed by atoms with Crippen LogP contribution in [0.15, 0.2) is 18.3 Å². The van der Waals surface area contributed by atoms with Crippen molar-refractivity contribution in [2.45, 2.75) is 6.42 Å². The van der Waals surface area contributed by atoms with Gasteiger partial charge in [-0.3, -0.25) is 14.5 Å². The second-order valence-electron chi connectivity index (χ2n) is 4.82. The number of amides is 1. The Morgan fingerprint density at radius 1 is 1.26 bits per heavy atom. The Kier molecular flexibility index (Phi) is 4.21. The first-order chi connectivity index (χ1) is 9.08. The van der Waals surface area contributed by atoms with Gasteiger partial charge in [-0.1, -0.05) is 0 Å². The van der Waals surface area contributed by atoms with Crippen LogP contribution in [0.2, 0.25) is 0 Å². The molecule has 0 radical (unpaired) electrons. The molecule has 0 spiro atoms. The van der Waals surface area contributed by atoms with Gasteiger partial charge in [0.25, 0.3) is 5.91 Å². The molecule has 1 aliphatic rings. The summed E-state index contributed by atoms with van der Waals surface area (Å²) in [7, 11) is 1.85. The number of aliphatic carboxylic acids is 1. The van der Waals surface area contributed by atoms with E-state index >= 15 is 0 Å². The van der Waals surface area contributed by atoms with Crippen LogP contribution >= 0.6 is 0 Å². The summed E-state index contributed by atoms with van der Waals surface area (Å²) in [5.41, 5.74) is 0.673. The molecule has 6 nitrogen and oxygen atoms in total. The Morgan fingerprint density at radius 2 is 2.05 bits per heavy atom. The molecule has 1 fully saturated rings. The van der Waals surface area contributed by atoms with E-state index in [0.29, 0.717) is 25.3 Å². The van der Waals surface area contributed by atoms with E-state index in [-0.39, 0.29) is 12.5 Å². The largest absolute Gasteiger partial charge is 0.480 e. The first-order valence-electron chi connectivity index (χ1n) is 6.42. The van der Waals surface area contributed by atoms with Gasteiger partial charge in [-0.25, -0.2) is 0 Å². The Hall–Kier alpha value is -1.82. The Balaban J connectivity index is 1.97. The van der Waals surface area contributed by atoms with Crippen LogP contribution in [0.3, 0.4) is 0 Å². The van der Waals surface area contributed by atoms with Crippen LogP contribution < -0.4 is 0 Å². The van der Waals surface area contributed by atoms with Gasteiger partial charge in [-0.05, 0) is 18.6 Å². The van der Waals surface area contributed by atoms with E-state index in [9.17, 15) is 9.59 Å². The first-order valence-corrected chi connectivity index (χ1v) is 6.42. The molecular weight excluding hydrogens is 246 g/mol. The van der Waals surface area contributed by atoms with Gasteiger partial charge in [0.05, 0.1) is 6.54 Å². The van der Waals surface area contributed by atoms with E-state index in [2.05, 4.69) is 0 Å². The number of carboxylic acid groups (broad SMARTS) is 1. The second-order valence-corrected chi connectivity index (χ2v) is 4.82. The second kappa shape index (κ2) is 5.88. The van der Waals surface area contributed by atoms with Crippen molar-refractivity contribution in [1.29, 1.82) is 0 Å². The summed E-state index contributed by atoms with van der Waals surface area (Å²) >= 11 is 0. The van der Waals surface area contributed by atoms with Crippen molar-refractivity contribution >= 4 is 11.9 Å². The van der Waals surface area contributed by atoms with Crippen LogP contribution in [0.4, 0.5) is 0 Å². The zero-order valence-electron chi connectivity index (χ0n) is 11.1. The minimum atomic E-state index is -0.817. The van der Waals surface area contributed by atoms with Crippen LogP contribution in [-0.4, -0.2) is 64.1 Å². The molecule has 0 saturated carbocycles. The van der Waals surface area contributed by atoms with Gasteiger partial charge in [-0.15, -0.1) is 0 Å². The lowest BCUT2D eigenvalue weighted by atomic mass is 10.3. The fourth-order valence-corrected chi connectivity index (χ4v) is 2.37. The highest BCUT2D eigenvalue weighted by Crippen LogP contribution is 2.09. The minimum Gasteiger partial charge on any atom is -0.480 e. The molecule has 2 heterocycles. The summed E-state index contributed by atoms with van der Waals surface area (Å²) < 4.78 is 1.81. The third-order valence-corrected chi connectivity index (χ3v) is 3.40. The molecule has 104 valence electrons. The summed E-state index contributed by atoms with van der Waals surface area (Å²) in [6.45, 7) is 2.65. The van der Waals surface area contributed by atoms with Crippen LogP contribution in [0.5, 0.6) is 0 Å². The first kappa shape index (κ1) is 13.6. The van der Waals surface area contributed by atoms with Crippen LogP contribution in [0.25, 0.3) is 0 Å². The summed E-state index contributed by atoms with van der Waals surface area (Å²) in [6, 6.07) is 3.66. The van der Waals surface area contributed by atoms with Gasteiger partial charge in [0.15, 0.2) is 0 Å². The number of carbonyl (C=O) groups excluding carboxylic acids is 1. The highest BCUT2D eigenvalue weighted by molar-refractivity contribution is 5.92. The summed E-state index contributed by atoms with van der Waals surface area (Å²) in [5, 5.41) is 8.79. The van der Waals surface area contributed by atoms with Crippen molar-refractivity contribution in [2.24, 2.45) is 7.05 Å². The van der Waals surface area contributed by atoms with Crippen molar-refractivity contribution in [3.63, 3.8) is 0 Å². The summed E-state index contributed by atoms with van der Waals surface area (Å²) in [4.78, 5) is 26.7. The zero-order valence-corrected chi connectivity index (χ0v) is 11.1. The number of hydrogen-bond donors (Lipinski definition) is 1.